The van der Waals surface area contributed by atoms with Gasteiger partial charge in [0.05, 0.1) is 12.7 Å². The van der Waals surface area contributed by atoms with Gasteiger partial charge in [-0.05, 0) is 37.6 Å². The average Bonchev–Trinajstić information content (AvgIpc) is 3.27. The molecule has 0 aliphatic carbocycles. The van der Waals surface area contributed by atoms with Crippen LogP contribution in [0.5, 0.6) is 5.75 Å². The van der Waals surface area contributed by atoms with Gasteiger partial charge in [0.1, 0.15) is 10.8 Å². The fourth-order valence-electron chi connectivity index (χ4n) is 3.11. The van der Waals surface area contributed by atoms with Crippen LogP contribution in [0.2, 0.25) is 5.02 Å². The standard InChI is InChI=1S/C23H25ClN4O3S/c1-4-15(2)28(22(30)18-7-5-6-8-19(18)31-3)14-13-20(29)25-23-27-26-21(32-23)16-9-11-17(24)12-10-16/h5-12,15H,4,13-14H2,1-3H3,(H,25,27,29)/t15-/m0/s1. The summed E-state index contributed by atoms with van der Waals surface area (Å²) in [5, 5.41) is 12.7. The van der Waals surface area contributed by atoms with Crippen LogP contribution in [-0.2, 0) is 4.79 Å². The Morgan fingerprint density at radius 2 is 1.88 bits per heavy atom. The molecule has 1 atom stereocenters. The first-order valence-electron chi connectivity index (χ1n) is 10.3. The lowest BCUT2D eigenvalue weighted by atomic mass is 10.1. The molecule has 0 bridgehead atoms. The van der Waals surface area contributed by atoms with E-state index in [1.54, 1.807) is 35.2 Å². The van der Waals surface area contributed by atoms with Crippen molar-refractivity contribution in [3.05, 3.63) is 59.1 Å². The molecule has 2 amide bonds. The van der Waals surface area contributed by atoms with Crippen molar-refractivity contribution in [1.29, 1.82) is 0 Å². The molecule has 7 nitrogen and oxygen atoms in total. The zero-order chi connectivity index (χ0) is 23.1. The minimum absolute atomic E-state index is 0.0294. The number of para-hydroxylation sites is 1. The van der Waals surface area contributed by atoms with Crippen LogP contribution in [0.3, 0.4) is 0 Å². The molecule has 1 N–H and O–H groups in total. The second kappa shape index (κ2) is 11.1. The second-order valence-corrected chi connectivity index (χ2v) is 8.59. The number of nitrogens with one attached hydrogen (secondary N) is 1. The van der Waals surface area contributed by atoms with Crippen molar-refractivity contribution in [2.45, 2.75) is 32.7 Å². The summed E-state index contributed by atoms with van der Waals surface area (Å²) in [5.41, 5.74) is 1.35. The van der Waals surface area contributed by atoms with E-state index in [0.29, 0.717) is 26.5 Å². The molecule has 0 saturated heterocycles. The molecule has 3 rings (SSSR count). The summed E-state index contributed by atoms with van der Waals surface area (Å²) in [7, 11) is 1.54. The van der Waals surface area contributed by atoms with Crippen LogP contribution in [-0.4, -0.2) is 46.6 Å². The fourth-order valence-corrected chi connectivity index (χ4v) is 4.00. The molecule has 0 radical (unpaired) electrons. The molecule has 2 aromatic carbocycles. The van der Waals surface area contributed by atoms with Crippen molar-refractivity contribution in [1.82, 2.24) is 15.1 Å². The third-order valence-corrected chi connectivity index (χ3v) is 6.20. The minimum atomic E-state index is -0.232. The first kappa shape index (κ1) is 23.7. The summed E-state index contributed by atoms with van der Waals surface area (Å²) in [5.74, 6) is 0.120. The monoisotopic (exact) mass is 472 g/mol. The lowest BCUT2D eigenvalue weighted by Crippen LogP contribution is -2.40. The van der Waals surface area contributed by atoms with Gasteiger partial charge in [0.25, 0.3) is 5.91 Å². The quantitative estimate of drug-likeness (QED) is 0.466. The highest BCUT2D eigenvalue weighted by atomic mass is 35.5. The van der Waals surface area contributed by atoms with E-state index in [-0.39, 0.29) is 30.8 Å². The highest BCUT2D eigenvalue weighted by Crippen LogP contribution is 2.27. The number of aromatic nitrogens is 2. The smallest absolute Gasteiger partial charge is 0.257 e. The lowest BCUT2D eigenvalue weighted by Gasteiger charge is -2.29. The summed E-state index contributed by atoms with van der Waals surface area (Å²) >= 11 is 7.20. The van der Waals surface area contributed by atoms with Gasteiger partial charge in [-0.25, -0.2) is 0 Å². The molecule has 0 unspecified atom stereocenters. The number of ether oxygens (including phenoxy) is 1. The van der Waals surface area contributed by atoms with Gasteiger partial charge < -0.3 is 15.0 Å². The number of methoxy groups -OCH3 is 1. The number of benzene rings is 2. The molecule has 1 heterocycles. The zero-order valence-electron chi connectivity index (χ0n) is 18.2. The maximum absolute atomic E-state index is 13.2. The Labute approximate surface area is 196 Å². The van der Waals surface area contributed by atoms with Crippen LogP contribution in [0.4, 0.5) is 5.13 Å². The van der Waals surface area contributed by atoms with Crippen LogP contribution in [0.1, 0.15) is 37.0 Å². The van der Waals surface area contributed by atoms with E-state index in [1.165, 1.54) is 18.4 Å². The van der Waals surface area contributed by atoms with E-state index < -0.39 is 0 Å². The van der Waals surface area contributed by atoms with Crippen LogP contribution in [0.25, 0.3) is 10.6 Å². The molecule has 0 spiro atoms. The van der Waals surface area contributed by atoms with Crippen LogP contribution in [0.15, 0.2) is 48.5 Å². The topological polar surface area (TPSA) is 84.4 Å². The van der Waals surface area contributed by atoms with Crippen molar-refractivity contribution < 1.29 is 14.3 Å². The van der Waals surface area contributed by atoms with Crippen molar-refractivity contribution >= 4 is 39.9 Å². The van der Waals surface area contributed by atoms with Gasteiger partial charge in [0.2, 0.25) is 11.0 Å². The molecule has 1 aromatic heterocycles. The van der Waals surface area contributed by atoms with Gasteiger partial charge in [0, 0.05) is 29.6 Å². The summed E-state index contributed by atoms with van der Waals surface area (Å²) in [4.78, 5) is 27.4. The van der Waals surface area contributed by atoms with Gasteiger partial charge >= 0.3 is 0 Å². The lowest BCUT2D eigenvalue weighted by molar-refractivity contribution is -0.116. The maximum Gasteiger partial charge on any atom is 0.257 e. The van der Waals surface area contributed by atoms with Gasteiger partial charge in [-0.1, -0.05) is 54.1 Å². The summed E-state index contributed by atoms with van der Waals surface area (Å²) in [6.45, 7) is 4.25. The number of carbonyl (C=O) groups excluding carboxylic acids is 2. The van der Waals surface area contributed by atoms with Gasteiger partial charge in [0.15, 0.2) is 0 Å². The first-order valence-corrected chi connectivity index (χ1v) is 11.5. The fraction of sp³-hybridized carbons (Fsp3) is 0.304. The molecule has 0 saturated carbocycles. The van der Waals surface area contributed by atoms with E-state index in [9.17, 15) is 9.59 Å². The maximum atomic E-state index is 13.2. The van der Waals surface area contributed by atoms with Crippen molar-refractivity contribution in [3.8, 4) is 16.3 Å². The Balaban J connectivity index is 1.64. The number of carbonyl (C=O) groups is 2. The molecule has 9 heteroatoms. The summed E-state index contributed by atoms with van der Waals surface area (Å²) in [6.07, 6.45) is 0.907. The predicted molar refractivity (Wildman–Crippen MR) is 127 cm³/mol. The Bertz CT molecular complexity index is 1070. The number of hydrogen-bond acceptors (Lipinski definition) is 6. The largest absolute Gasteiger partial charge is 0.496 e. The van der Waals surface area contributed by atoms with Crippen LogP contribution >= 0.6 is 22.9 Å². The summed E-state index contributed by atoms with van der Waals surface area (Å²) < 4.78 is 5.33. The van der Waals surface area contributed by atoms with Crippen LogP contribution in [0, 0.1) is 0 Å². The van der Waals surface area contributed by atoms with E-state index in [1.807, 2.05) is 32.0 Å². The van der Waals surface area contributed by atoms with E-state index in [0.717, 1.165) is 12.0 Å². The Morgan fingerprint density at radius 1 is 1.16 bits per heavy atom. The van der Waals surface area contributed by atoms with Crippen molar-refractivity contribution in [2.24, 2.45) is 0 Å². The van der Waals surface area contributed by atoms with E-state index in [2.05, 4.69) is 15.5 Å². The average molecular weight is 473 g/mol. The Kier molecular flexibility index (Phi) is 8.19. The third-order valence-electron chi connectivity index (χ3n) is 5.06. The summed E-state index contributed by atoms with van der Waals surface area (Å²) in [6, 6.07) is 14.3. The molecule has 3 aromatic rings. The number of anilines is 1. The molecule has 32 heavy (non-hydrogen) atoms. The second-order valence-electron chi connectivity index (χ2n) is 7.17. The van der Waals surface area contributed by atoms with Crippen molar-refractivity contribution in [3.63, 3.8) is 0 Å². The van der Waals surface area contributed by atoms with Gasteiger partial charge in [-0.3, -0.25) is 9.59 Å². The number of hydrogen-bond donors (Lipinski definition) is 1. The van der Waals surface area contributed by atoms with Crippen LogP contribution < -0.4 is 10.1 Å². The number of halogens is 1. The van der Waals surface area contributed by atoms with Gasteiger partial charge in [-0.15, -0.1) is 10.2 Å². The number of rotatable bonds is 9. The Hall–Kier alpha value is -2.97. The van der Waals surface area contributed by atoms with E-state index >= 15 is 0 Å². The minimum Gasteiger partial charge on any atom is -0.496 e. The predicted octanol–water partition coefficient (Wildman–Crippen LogP) is 5.14. The third kappa shape index (κ3) is 5.83. The van der Waals surface area contributed by atoms with E-state index in [4.69, 9.17) is 16.3 Å². The molecule has 168 valence electrons. The van der Waals surface area contributed by atoms with Gasteiger partial charge in [-0.2, -0.15) is 0 Å². The highest BCUT2D eigenvalue weighted by molar-refractivity contribution is 7.18. The highest BCUT2D eigenvalue weighted by Gasteiger charge is 2.24. The molecular weight excluding hydrogens is 448 g/mol. The SMILES string of the molecule is CC[C@H](C)N(CCC(=O)Nc1nnc(-c2ccc(Cl)cc2)s1)C(=O)c1ccccc1OC. The first-order chi connectivity index (χ1) is 15.4. The van der Waals surface area contributed by atoms with Crippen molar-refractivity contribution in [2.75, 3.05) is 19.0 Å². The molecular formula is C23H25ClN4O3S. The normalized spacial score (nSPS) is 11.6. The Morgan fingerprint density at radius 3 is 2.56 bits per heavy atom. The molecule has 0 aliphatic heterocycles. The molecule has 0 aliphatic rings. The molecule has 0 fully saturated rings. The number of nitrogens with zero attached hydrogens (tertiary/aromatic N) is 3. The number of amides is 2. The zero-order valence-corrected chi connectivity index (χ0v) is 19.7.